The molecule has 2 nitrogen and oxygen atoms in total. The minimum atomic E-state index is -5.71. The Morgan fingerprint density at radius 2 is 1.60 bits per heavy atom. The SMILES string of the molecule is CC1=[C-]NC(C(F)(F)F)(C(F)(F)F)S1=O. The van der Waals surface area contributed by atoms with E-state index in [2.05, 4.69) is 0 Å². The fraction of sp³-hybridized carbons (Fsp3) is 0.667. The second-order valence-electron chi connectivity index (χ2n) is 2.75. The van der Waals surface area contributed by atoms with Gasteiger partial charge in [-0.3, -0.25) is 4.21 Å². The van der Waals surface area contributed by atoms with Crippen LogP contribution in [0.4, 0.5) is 26.3 Å². The molecule has 0 aromatic carbocycles. The predicted molar refractivity (Wildman–Crippen MR) is 38.5 cm³/mol. The van der Waals surface area contributed by atoms with Gasteiger partial charge in [0.15, 0.2) is 0 Å². The zero-order valence-corrected chi connectivity index (χ0v) is 7.90. The molecular weight excluding hydrogens is 248 g/mol. The topological polar surface area (TPSA) is 29.1 Å². The van der Waals surface area contributed by atoms with Crippen molar-refractivity contribution in [1.82, 2.24) is 5.32 Å². The van der Waals surface area contributed by atoms with Gasteiger partial charge in [-0.05, 0) is 0 Å². The number of allylic oxidation sites excluding steroid dienone is 1. The van der Waals surface area contributed by atoms with Crippen LogP contribution in [-0.2, 0) is 10.8 Å². The largest absolute Gasteiger partial charge is 0.536 e. The summed E-state index contributed by atoms with van der Waals surface area (Å²) in [7, 11) is -3.26. The summed E-state index contributed by atoms with van der Waals surface area (Å²) < 4.78 is 84.9. The van der Waals surface area contributed by atoms with Crippen LogP contribution in [0.1, 0.15) is 6.92 Å². The highest BCUT2D eigenvalue weighted by molar-refractivity contribution is 7.90. The molecule has 0 bridgehead atoms. The fourth-order valence-corrected chi connectivity index (χ4v) is 2.18. The second-order valence-corrected chi connectivity index (χ2v) is 4.51. The number of hydrogen-bond acceptors (Lipinski definition) is 2. The Hall–Kier alpha value is -0.730. The molecule has 1 rings (SSSR count). The van der Waals surface area contributed by atoms with Gasteiger partial charge in [0.2, 0.25) is 0 Å². The molecule has 0 aliphatic carbocycles. The van der Waals surface area contributed by atoms with Gasteiger partial charge >= 0.3 is 12.4 Å². The van der Waals surface area contributed by atoms with E-state index in [4.69, 9.17) is 0 Å². The molecule has 1 atom stereocenters. The maximum absolute atomic E-state index is 12.3. The molecule has 0 radical (unpaired) electrons. The fourth-order valence-electron chi connectivity index (χ4n) is 1.01. The van der Waals surface area contributed by atoms with Crippen molar-refractivity contribution in [3.8, 4) is 0 Å². The van der Waals surface area contributed by atoms with Crippen molar-refractivity contribution < 1.29 is 30.6 Å². The van der Waals surface area contributed by atoms with E-state index in [9.17, 15) is 30.6 Å². The predicted octanol–water partition coefficient (Wildman–Crippen LogP) is 1.82. The molecule has 1 unspecified atom stereocenters. The van der Waals surface area contributed by atoms with Crippen LogP contribution < -0.4 is 5.32 Å². The first-order valence-electron chi connectivity index (χ1n) is 3.46. The Morgan fingerprint density at radius 1 is 1.20 bits per heavy atom. The molecule has 1 aliphatic rings. The van der Waals surface area contributed by atoms with Crippen molar-refractivity contribution in [3.63, 3.8) is 0 Å². The number of nitrogens with one attached hydrogen (secondary N) is 1. The van der Waals surface area contributed by atoms with Crippen LogP contribution in [0.5, 0.6) is 0 Å². The van der Waals surface area contributed by atoms with Gasteiger partial charge in [-0.25, -0.2) is 0 Å². The molecule has 1 aliphatic heterocycles. The van der Waals surface area contributed by atoms with Crippen LogP contribution in [0, 0.1) is 6.20 Å². The molecule has 0 aromatic rings. The van der Waals surface area contributed by atoms with Gasteiger partial charge in [0.25, 0.3) is 4.87 Å². The molecule has 0 saturated heterocycles. The van der Waals surface area contributed by atoms with Crippen LogP contribution in [0.2, 0.25) is 0 Å². The van der Waals surface area contributed by atoms with Crippen molar-refractivity contribution in [3.05, 3.63) is 11.1 Å². The minimum Gasteiger partial charge on any atom is -0.536 e. The Balaban J connectivity index is 3.32. The van der Waals surface area contributed by atoms with Crippen molar-refractivity contribution in [2.45, 2.75) is 24.1 Å². The highest BCUT2D eigenvalue weighted by atomic mass is 32.2. The monoisotopic (exact) mass is 252 g/mol. The Labute approximate surface area is 82.8 Å². The van der Waals surface area contributed by atoms with Crippen LogP contribution in [0.3, 0.4) is 0 Å². The number of hydrogen-bond donors (Lipinski definition) is 1. The molecular formula is C6H4F6NOS-. The smallest absolute Gasteiger partial charge is 0.430 e. The summed E-state index contributed by atoms with van der Waals surface area (Å²) in [6.07, 6.45) is -9.82. The summed E-state index contributed by atoms with van der Waals surface area (Å²) in [5.41, 5.74) is 0. The lowest BCUT2D eigenvalue weighted by molar-refractivity contribution is -0.271. The third-order valence-corrected chi connectivity index (χ3v) is 3.55. The van der Waals surface area contributed by atoms with E-state index < -0.39 is 32.9 Å². The van der Waals surface area contributed by atoms with Gasteiger partial charge < -0.3 is 11.5 Å². The maximum Gasteiger partial charge on any atom is 0.430 e. The summed E-state index contributed by atoms with van der Waals surface area (Å²) >= 11 is 0. The summed E-state index contributed by atoms with van der Waals surface area (Å²) in [4.78, 5) is -5.05. The Morgan fingerprint density at radius 3 is 1.73 bits per heavy atom. The molecule has 0 amide bonds. The molecule has 0 spiro atoms. The number of alkyl halides is 6. The molecule has 1 N–H and O–H groups in total. The van der Waals surface area contributed by atoms with Gasteiger partial charge in [-0.15, -0.1) is 4.91 Å². The average Bonchev–Trinajstić information content (AvgIpc) is 2.26. The first kappa shape index (κ1) is 12.3. The summed E-state index contributed by atoms with van der Waals surface area (Å²) in [6.45, 7) is 0.877. The van der Waals surface area contributed by atoms with Crippen molar-refractivity contribution in [1.29, 1.82) is 0 Å². The summed E-state index contributed by atoms with van der Waals surface area (Å²) in [5, 5.41) is 1.01. The van der Waals surface area contributed by atoms with Gasteiger partial charge in [0.05, 0.1) is 10.8 Å². The molecule has 0 aromatic heterocycles. The standard InChI is InChI=1S/C6H4F6NOS/c1-3-2-13-4(15(3)14,5(7,8)9)6(10,11)12/h13H,1H3/q-1. The zero-order valence-electron chi connectivity index (χ0n) is 7.08. The maximum atomic E-state index is 12.3. The Bertz CT molecular complexity index is 315. The van der Waals surface area contributed by atoms with Gasteiger partial charge in [0.1, 0.15) is 0 Å². The van der Waals surface area contributed by atoms with Gasteiger partial charge in [-0.2, -0.15) is 26.3 Å². The lowest BCUT2D eigenvalue weighted by Gasteiger charge is -2.36. The first-order chi connectivity index (χ1) is 6.54. The van der Waals surface area contributed by atoms with Crippen LogP contribution in [0.15, 0.2) is 4.91 Å². The van der Waals surface area contributed by atoms with Gasteiger partial charge in [-0.1, -0.05) is 6.92 Å². The molecule has 1 heterocycles. The minimum absolute atomic E-state index is 0.621. The van der Waals surface area contributed by atoms with E-state index in [-0.39, 0.29) is 0 Å². The van der Waals surface area contributed by atoms with E-state index in [1.807, 2.05) is 0 Å². The van der Waals surface area contributed by atoms with E-state index >= 15 is 0 Å². The lowest BCUT2D eigenvalue weighted by Crippen LogP contribution is -2.65. The molecule has 0 saturated carbocycles. The highest BCUT2D eigenvalue weighted by Gasteiger charge is 2.73. The van der Waals surface area contributed by atoms with Crippen LogP contribution in [0.25, 0.3) is 0 Å². The van der Waals surface area contributed by atoms with E-state index in [1.54, 1.807) is 6.20 Å². The molecule has 0 fully saturated rings. The van der Waals surface area contributed by atoms with Crippen molar-refractivity contribution in [2.75, 3.05) is 0 Å². The number of rotatable bonds is 0. The quantitative estimate of drug-likeness (QED) is 0.526. The molecule has 9 heteroatoms. The summed E-state index contributed by atoms with van der Waals surface area (Å²) in [5.74, 6) is 0. The summed E-state index contributed by atoms with van der Waals surface area (Å²) in [6, 6.07) is 0. The molecule has 88 valence electrons. The average molecular weight is 252 g/mol. The van der Waals surface area contributed by atoms with E-state index in [0.29, 0.717) is 0 Å². The normalized spacial score (nSPS) is 26.1. The van der Waals surface area contributed by atoms with E-state index in [1.165, 1.54) is 0 Å². The highest BCUT2D eigenvalue weighted by Crippen LogP contribution is 2.48. The number of halogens is 6. The molecule has 15 heavy (non-hydrogen) atoms. The lowest BCUT2D eigenvalue weighted by atomic mass is 10.2. The first-order valence-corrected chi connectivity index (χ1v) is 4.61. The van der Waals surface area contributed by atoms with Crippen molar-refractivity contribution in [2.24, 2.45) is 0 Å². The van der Waals surface area contributed by atoms with E-state index in [0.717, 1.165) is 12.2 Å². The Kier molecular flexibility index (Phi) is 2.57. The second kappa shape index (κ2) is 3.13. The third kappa shape index (κ3) is 1.52. The van der Waals surface area contributed by atoms with Crippen molar-refractivity contribution >= 4 is 10.8 Å². The van der Waals surface area contributed by atoms with Crippen LogP contribution >= 0.6 is 0 Å². The zero-order chi connectivity index (χ0) is 12.1. The third-order valence-electron chi connectivity index (χ3n) is 1.77. The van der Waals surface area contributed by atoms with Gasteiger partial charge in [0, 0.05) is 0 Å². The van der Waals surface area contributed by atoms with Crippen LogP contribution in [-0.4, -0.2) is 21.4 Å².